The van der Waals surface area contributed by atoms with Crippen LogP contribution in [0.3, 0.4) is 0 Å². The first-order valence-corrected chi connectivity index (χ1v) is 14.2. The molecule has 5 rings (SSSR count). The molecule has 8 nitrogen and oxygen atoms in total. The maximum Gasteiger partial charge on any atom is 0.234 e. The number of benzene rings is 2. The highest BCUT2D eigenvalue weighted by Gasteiger charge is 2.41. The minimum Gasteiger partial charge on any atom is -0.384 e. The average Bonchev–Trinajstić information content (AvgIpc) is 3.37. The van der Waals surface area contributed by atoms with Crippen LogP contribution in [-0.2, 0) is 9.59 Å². The third kappa shape index (κ3) is 5.02. The summed E-state index contributed by atoms with van der Waals surface area (Å²) in [6.07, 6.45) is 1.62. The number of nitrogens with zero attached hydrogens (tertiary/aromatic N) is 4. The van der Waals surface area contributed by atoms with Crippen LogP contribution >= 0.6 is 46.3 Å². The van der Waals surface area contributed by atoms with Gasteiger partial charge in [0.2, 0.25) is 11.0 Å². The van der Waals surface area contributed by atoms with Crippen LogP contribution in [0.1, 0.15) is 30.7 Å². The Hall–Kier alpha value is -3.36. The Kier molecular flexibility index (Phi) is 7.72. The zero-order chi connectivity index (χ0) is 26.8. The Morgan fingerprint density at radius 1 is 1.16 bits per heavy atom. The van der Waals surface area contributed by atoms with Gasteiger partial charge in [-0.2, -0.15) is 5.26 Å². The van der Waals surface area contributed by atoms with Gasteiger partial charge in [0.05, 0.1) is 34.0 Å². The van der Waals surface area contributed by atoms with Gasteiger partial charge in [-0.15, -0.1) is 10.2 Å². The van der Waals surface area contributed by atoms with E-state index in [0.717, 1.165) is 0 Å². The maximum absolute atomic E-state index is 13.2. The highest BCUT2D eigenvalue weighted by Crippen LogP contribution is 2.48. The van der Waals surface area contributed by atoms with Crippen molar-refractivity contribution >= 4 is 68.8 Å². The Balaban J connectivity index is 1.44. The molecule has 0 bridgehead atoms. The first-order valence-electron chi connectivity index (χ1n) is 11.6. The molecule has 1 unspecified atom stereocenters. The molecule has 1 atom stereocenters. The molecule has 2 heterocycles. The zero-order valence-corrected chi connectivity index (χ0v) is 22.9. The van der Waals surface area contributed by atoms with E-state index < -0.39 is 5.92 Å². The lowest BCUT2D eigenvalue weighted by molar-refractivity contribution is -0.116. The second-order valence-corrected chi connectivity index (χ2v) is 11.5. The van der Waals surface area contributed by atoms with Crippen molar-refractivity contribution in [2.24, 2.45) is 5.73 Å². The fraction of sp³-hybridized carbons (Fsp3) is 0.192. The standard InChI is InChI=1S/C26H20Cl2N6O2S2/c27-16-7-2-1-6-14(16)22-15(12-29)24(30)34(19-10-5-11-20(35)23(19)22)25-32-33-26(38-25)37-13-21(36)31-18-9-4-3-8-17(18)28/h1-4,6-9,22H,5,10-11,13,30H2,(H,31,36). The summed E-state index contributed by atoms with van der Waals surface area (Å²) >= 11 is 15.1. The molecule has 1 aromatic heterocycles. The second-order valence-electron chi connectivity index (χ2n) is 8.50. The quantitative estimate of drug-likeness (QED) is 0.345. The van der Waals surface area contributed by atoms with E-state index >= 15 is 0 Å². The van der Waals surface area contributed by atoms with E-state index in [-0.39, 0.29) is 28.8 Å². The van der Waals surface area contributed by atoms with E-state index in [1.807, 2.05) is 12.1 Å². The molecular weight excluding hydrogens is 563 g/mol. The number of nitriles is 1. The lowest BCUT2D eigenvalue weighted by atomic mass is 9.76. The molecule has 0 fully saturated rings. The lowest BCUT2D eigenvalue weighted by Gasteiger charge is -2.38. The monoisotopic (exact) mass is 582 g/mol. The summed E-state index contributed by atoms with van der Waals surface area (Å²) in [7, 11) is 0. The van der Waals surface area contributed by atoms with Gasteiger partial charge in [-0.3, -0.25) is 14.5 Å². The summed E-state index contributed by atoms with van der Waals surface area (Å²) in [4.78, 5) is 27.3. The number of carbonyl (C=O) groups is 2. The second kappa shape index (κ2) is 11.2. The molecule has 38 heavy (non-hydrogen) atoms. The van der Waals surface area contributed by atoms with Crippen LogP contribution in [0.25, 0.3) is 0 Å². The fourth-order valence-corrected chi connectivity index (χ4v) is 6.66. The van der Waals surface area contributed by atoms with Crippen molar-refractivity contribution in [3.05, 3.63) is 86.8 Å². The van der Waals surface area contributed by atoms with Crippen molar-refractivity contribution in [2.45, 2.75) is 29.5 Å². The van der Waals surface area contributed by atoms with Gasteiger partial charge in [-0.25, -0.2) is 0 Å². The number of rotatable bonds is 6. The molecule has 192 valence electrons. The molecular formula is C26H20Cl2N6O2S2. The van der Waals surface area contributed by atoms with Crippen molar-refractivity contribution in [3.8, 4) is 6.07 Å². The Labute approximate surface area is 237 Å². The number of Topliss-reactive ketones (excluding diaryl/α,β-unsaturated/α-hetero) is 1. The number of halogens is 2. The number of aromatic nitrogens is 2. The van der Waals surface area contributed by atoms with Crippen LogP contribution in [0, 0.1) is 11.3 Å². The van der Waals surface area contributed by atoms with E-state index in [9.17, 15) is 14.9 Å². The number of carbonyl (C=O) groups excluding carboxylic acids is 2. The van der Waals surface area contributed by atoms with Crippen molar-refractivity contribution in [1.29, 1.82) is 5.26 Å². The number of nitrogens with one attached hydrogen (secondary N) is 1. The van der Waals surface area contributed by atoms with Crippen molar-refractivity contribution in [1.82, 2.24) is 10.2 Å². The van der Waals surface area contributed by atoms with Crippen molar-refractivity contribution in [3.63, 3.8) is 0 Å². The van der Waals surface area contributed by atoms with Crippen LogP contribution in [0.2, 0.25) is 10.0 Å². The Morgan fingerprint density at radius 2 is 1.89 bits per heavy atom. The van der Waals surface area contributed by atoms with Crippen LogP contribution in [0.15, 0.2) is 75.5 Å². The van der Waals surface area contributed by atoms with Crippen molar-refractivity contribution < 1.29 is 9.59 Å². The molecule has 1 aliphatic carbocycles. The molecule has 0 spiro atoms. The highest BCUT2D eigenvalue weighted by molar-refractivity contribution is 8.01. The third-order valence-electron chi connectivity index (χ3n) is 6.19. The van der Waals surface area contributed by atoms with E-state index in [2.05, 4.69) is 21.6 Å². The molecule has 3 aromatic rings. The number of thioether (sulfide) groups is 1. The largest absolute Gasteiger partial charge is 0.384 e. The fourth-order valence-electron chi connectivity index (χ4n) is 4.55. The van der Waals surface area contributed by atoms with Gasteiger partial charge in [-0.05, 0) is 36.6 Å². The van der Waals surface area contributed by atoms with E-state index in [0.29, 0.717) is 61.3 Å². The Bertz CT molecular complexity index is 1540. The summed E-state index contributed by atoms with van der Waals surface area (Å²) < 4.78 is 0.540. The van der Waals surface area contributed by atoms with Gasteiger partial charge >= 0.3 is 0 Å². The molecule has 3 N–H and O–H groups in total. The van der Waals surface area contributed by atoms with Gasteiger partial charge in [0, 0.05) is 22.7 Å². The normalized spacial score (nSPS) is 17.3. The predicted octanol–water partition coefficient (Wildman–Crippen LogP) is 5.88. The van der Waals surface area contributed by atoms with E-state index in [1.165, 1.54) is 23.1 Å². The van der Waals surface area contributed by atoms with Gasteiger partial charge in [-0.1, -0.05) is 76.6 Å². The minimum atomic E-state index is -0.650. The summed E-state index contributed by atoms with van der Waals surface area (Å²) in [5.41, 5.74) is 9.21. The molecule has 12 heteroatoms. The molecule has 1 amide bonds. The SMILES string of the molecule is N#CC1=C(N)N(c2nnc(SCC(=O)Nc3ccccc3Cl)s2)C2=C(C(=O)CCC2)C1c1ccccc1Cl. The average molecular weight is 584 g/mol. The molecule has 0 saturated heterocycles. The molecule has 0 radical (unpaired) electrons. The number of nitrogens with two attached hydrogens (primary N) is 1. The predicted molar refractivity (Wildman–Crippen MR) is 150 cm³/mol. The smallest absolute Gasteiger partial charge is 0.234 e. The van der Waals surface area contributed by atoms with E-state index in [1.54, 1.807) is 41.3 Å². The first-order chi connectivity index (χ1) is 18.4. The number of ketones is 1. The Morgan fingerprint density at radius 3 is 2.63 bits per heavy atom. The van der Waals surface area contributed by atoms with Crippen molar-refractivity contribution in [2.75, 3.05) is 16.0 Å². The number of hydrogen-bond acceptors (Lipinski definition) is 9. The van der Waals surface area contributed by atoms with Crippen LogP contribution in [-0.4, -0.2) is 27.6 Å². The highest BCUT2D eigenvalue weighted by atomic mass is 35.5. The number of para-hydroxylation sites is 1. The lowest BCUT2D eigenvalue weighted by Crippen LogP contribution is -2.38. The van der Waals surface area contributed by atoms with Crippen LogP contribution < -0.4 is 16.0 Å². The molecule has 2 aliphatic rings. The molecule has 0 saturated carbocycles. The van der Waals surface area contributed by atoms with Gasteiger partial charge in [0.1, 0.15) is 5.82 Å². The third-order valence-corrected chi connectivity index (χ3v) is 8.91. The minimum absolute atomic E-state index is 0.0447. The summed E-state index contributed by atoms with van der Waals surface area (Å²) in [5.74, 6) is -0.653. The van der Waals surface area contributed by atoms with Gasteiger partial charge < -0.3 is 11.1 Å². The molecule has 2 aromatic carbocycles. The number of amides is 1. The van der Waals surface area contributed by atoms with Crippen LogP contribution in [0.5, 0.6) is 0 Å². The summed E-state index contributed by atoms with van der Waals surface area (Å²) in [6.45, 7) is 0. The number of anilines is 2. The number of hydrogen-bond donors (Lipinski definition) is 2. The number of allylic oxidation sites excluding steroid dienone is 3. The van der Waals surface area contributed by atoms with Crippen LogP contribution in [0.4, 0.5) is 10.8 Å². The molecule has 1 aliphatic heterocycles. The van der Waals surface area contributed by atoms with Gasteiger partial charge in [0.25, 0.3) is 0 Å². The zero-order valence-electron chi connectivity index (χ0n) is 19.8. The van der Waals surface area contributed by atoms with Gasteiger partial charge in [0.15, 0.2) is 10.1 Å². The maximum atomic E-state index is 13.2. The van der Waals surface area contributed by atoms with E-state index in [4.69, 9.17) is 28.9 Å². The summed E-state index contributed by atoms with van der Waals surface area (Å²) in [6, 6.07) is 16.4. The first kappa shape index (κ1) is 26.3. The summed E-state index contributed by atoms with van der Waals surface area (Å²) in [5, 5.41) is 22.7. The topological polar surface area (TPSA) is 125 Å².